The molecule has 0 heterocycles. The van der Waals surface area contributed by atoms with Crippen LogP contribution < -0.4 is 5.32 Å². The van der Waals surface area contributed by atoms with E-state index in [9.17, 15) is 14.0 Å². The van der Waals surface area contributed by atoms with E-state index in [1.807, 2.05) is 22.6 Å². The van der Waals surface area contributed by atoms with Crippen molar-refractivity contribution in [3.8, 4) is 0 Å². The minimum absolute atomic E-state index is 0.395. The van der Waals surface area contributed by atoms with E-state index in [1.54, 1.807) is 0 Å². The molecular weight excluding hydrogens is 340 g/mol. The maximum absolute atomic E-state index is 12.8. The van der Waals surface area contributed by atoms with E-state index in [0.717, 1.165) is 0 Å². The third-order valence-corrected chi connectivity index (χ3v) is 3.17. The van der Waals surface area contributed by atoms with Crippen molar-refractivity contribution in [3.63, 3.8) is 0 Å². The minimum atomic E-state index is -1.53. The predicted molar refractivity (Wildman–Crippen MR) is 69.2 cm³/mol. The zero-order valence-corrected chi connectivity index (χ0v) is 11.4. The lowest BCUT2D eigenvalue weighted by atomic mass is 9.92. The molecule has 92 valence electrons. The van der Waals surface area contributed by atoms with Crippen molar-refractivity contribution in [3.05, 3.63) is 27.6 Å². The Morgan fingerprint density at radius 2 is 2.00 bits per heavy atom. The highest BCUT2D eigenvalue weighted by Crippen LogP contribution is 2.23. The second kappa shape index (κ2) is 4.99. The second-order valence-corrected chi connectivity index (χ2v) is 5.17. The SMILES string of the molecule is CC(C)(C(=O)O)C(=O)Nc1ccc(F)cc1I. The number of carboxylic acids is 1. The summed E-state index contributed by atoms with van der Waals surface area (Å²) in [7, 11) is 0. The smallest absolute Gasteiger partial charge is 0.318 e. The molecule has 1 aromatic rings. The highest BCUT2D eigenvalue weighted by molar-refractivity contribution is 14.1. The Bertz CT molecular complexity index is 474. The number of amides is 1. The van der Waals surface area contributed by atoms with Gasteiger partial charge < -0.3 is 10.4 Å². The van der Waals surface area contributed by atoms with E-state index in [-0.39, 0.29) is 0 Å². The van der Waals surface area contributed by atoms with Gasteiger partial charge in [-0.1, -0.05) is 0 Å². The number of hydrogen-bond donors (Lipinski definition) is 2. The Kier molecular flexibility index (Phi) is 4.07. The van der Waals surface area contributed by atoms with Crippen LogP contribution in [0.4, 0.5) is 10.1 Å². The van der Waals surface area contributed by atoms with Gasteiger partial charge in [0.15, 0.2) is 0 Å². The van der Waals surface area contributed by atoms with Crippen molar-refractivity contribution in [2.45, 2.75) is 13.8 Å². The molecule has 17 heavy (non-hydrogen) atoms. The van der Waals surface area contributed by atoms with Crippen LogP contribution in [0.3, 0.4) is 0 Å². The first-order valence-corrected chi connectivity index (χ1v) is 5.83. The summed E-state index contributed by atoms with van der Waals surface area (Å²) in [4.78, 5) is 22.6. The first-order valence-electron chi connectivity index (χ1n) is 4.75. The highest BCUT2D eigenvalue weighted by Gasteiger charge is 2.36. The molecule has 0 fully saturated rings. The van der Waals surface area contributed by atoms with Gasteiger partial charge in [-0.3, -0.25) is 9.59 Å². The van der Waals surface area contributed by atoms with Crippen molar-refractivity contribution in [1.82, 2.24) is 0 Å². The third-order valence-electron chi connectivity index (χ3n) is 2.28. The summed E-state index contributed by atoms with van der Waals surface area (Å²) < 4.78 is 13.3. The number of carboxylic acid groups (broad SMARTS) is 1. The standard InChI is InChI=1S/C11H11FINO3/c1-11(2,10(16)17)9(15)14-8-4-3-6(12)5-7(8)13/h3-5H,1-2H3,(H,14,15)(H,16,17). The van der Waals surface area contributed by atoms with Gasteiger partial charge in [0.2, 0.25) is 5.91 Å². The fraction of sp³-hybridized carbons (Fsp3) is 0.273. The molecule has 2 N–H and O–H groups in total. The van der Waals surface area contributed by atoms with Crippen LogP contribution in [0.2, 0.25) is 0 Å². The number of carbonyl (C=O) groups excluding carboxylic acids is 1. The van der Waals surface area contributed by atoms with E-state index < -0.39 is 23.1 Å². The maximum atomic E-state index is 12.8. The summed E-state index contributed by atoms with van der Waals surface area (Å²) >= 11 is 1.86. The van der Waals surface area contributed by atoms with E-state index in [2.05, 4.69) is 5.32 Å². The molecule has 6 heteroatoms. The van der Waals surface area contributed by atoms with E-state index >= 15 is 0 Å². The molecule has 0 bridgehead atoms. The molecular formula is C11H11FINO3. The lowest BCUT2D eigenvalue weighted by Crippen LogP contribution is -2.38. The van der Waals surface area contributed by atoms with Crippen molar-refractivity contribution < 1.29 is 19.1 Å². The van der Waals surface area contributed by atoms with Gasteiger partial charge in [-0.2, -0.15) is 0 Å². The van der Waals surface area contributed by atoms with E-state index in [1.165, 1.54) is 32.0 Å². The number of rotatable bonds is 3. The first kappa shape index (κ1) is 13.9. The normalized spacial score (nSPS) is 11.1. The van der Waals surface area contributed by atoms with Crippen LogP contribution in [0, 0.1) is 14.8 Å². The zero-order valence-electron chi connectivity index (χ0n) is 9.25. The largest absolute Gasteiger partial charge is 0.480 e. The van der Waals surface area contributed by atoms with Crippen LogP contribution in [-0.4, -0.2) is 17.0 Å². The zero-order chi connectivity index (χ0) is 13.2. The number of aliphatic carboxylic acids is 1. The molecule has 0 radical (unpaired) electrons. The van der Waals surface area contributed by atoms with Gasteiger partial charge in [0.05, 0.1) is 5.69 Å². The molecule has 0 spiro atoms. The molecule has 0 atom stereocenters. The molecule has 0 aliphatic carbocycles. The van der Waals surface area contributed by atoms with Gasteiger partial charge in [-0.25, -0.2) is 4.39 Å². The number of halogens is 2. The molecule has 0 saturated heterocycles. The van der Waals surface area contributed by atoms with Crippen LogP contribution in [-0.2, 0) is 9.59 Å². The topological polar surface area (TPSA) is 66.4 Å². The van der Waals surface area contributed by atoms with Crippen molar-refractivity contribution >= 4 is 40.2 Å². The van der Waals surface area contributed by atoms with E-state index in [4.69, 9.17) is 5.11 Å². The second-order valence-electron chi connectivity index (χ2n) is 4.01. The number of hydrogen-bond acceptors (Lipinski definition) is 2. The summed E-state index contributed by atoms with van der Waals surface area (Å²) in [5, 5.41) is 11.3. The van der Waals surface area contributed by atoms with Gasteiger partial charge in [0.25, 0.3) is 0 Å². The summed E-state index contributed by atoms with van der Waals surface area (Å²) in [6, 6.07) is 3.85. The maximum Gasteiger partial charge on any atom is 0.318 e. The summed E-state index contributed by atoms with van der Waals surface area (Å²) in [6.07, 6.45) is 0. The Hall–Kier alpha value is -1.18. The number of nitrogens with one attached hydrogen (secondary N) is 1. The average Bonchev–Trinajstić information content (AvgIpc) is 2.21. The van der Waals surface area contributed by atoms with Gasteiger partial charge in [0, 0.05) is 3.57 Å². The molecule has 0 aliphatic rings. The van der Waals surface area contributed by atoms with Gasteiger partial charge >= 0.3 is 5.97 Å². The molecule has 0 aliphatic heterocycles. The van der Waals surface area contributed by atoms with Crippen LogP contribution in [0.15, 0.2) is 18.2 Å². The van der Waals surface area contributed by atoms with Gasteiger partial charge in [-0.05, 0) is 54.6 Å². The first-order chi connectivity index (χ1) is 7.75. The average molecular weight is 351 g/mol. The van der Waals surface area contributed by atoms with Crippen molar-refractivity contribution in [1.29, 1.82) is 0 Å². The predicted octanol–water partition coefficient (Wildman–Crippen LogP) is 2.48. The number of carbonyl (C=O) groups is 2. The van der Waals surface area contributed by atoms with Gasteiger partial charge in [0.1, 0.15) is 11.2 Å². The molecule has 0 unspecified atom stereocenters. The fourth-order valence-electron chi connectivity index (χ4n) is 0.967. The number of anilines is 1. The minimum Gasteiger partial charge on any atom is -0.480 e. The molecule has 1 aromatic carbocycles. The molecule has 4 nitrogen and oxygen atoms in total. The number of benzene rings is 1. The molecule has 0 saturated carbocycles. The van der Waals surface area contributed by atoms with E-state index in [0.29, 0.717) is 9.26 Å². The molecule has 0 aromatic heterocycles. The van der Waals surface area contributed by atoms with Crippen LogP contribution >= 0.6 is 22.6 Å². The van der Waals surface area contributed by atoms with Crippen molar-refractivity contribution in [2.24, 2.45) is 5.41 Å². The molecule has 1 rings (SSSR count). The lowest BCUT2D eigenvalue weighted by Gasteiger charge is -2.18. The van der Waals surface area contributed by atoms with Crippen LogP contribution in [0.25, 0.3) is 0 Å². The Morgan fingerprint density at radius 3 is 2.47 bits per heavy atom. The summed E-state index contributed by atoms with van der Waals surface area (Å²) in [5.74, 6) is -2.27. The monoisotopic (exact) mass is 351 g/mol. The lowest BCUT2D eigenvalue weighted by molar-refractivity contribution is -0.151. The summed E-state index contributed by atoms with van der Waals surface area (Å²) in [5.41, 5.74) is -1.14. The van der Waals surface area contributed by atoms with Crippen LogP contribution in [0.1, 0.15) is 13.8 Å². The third kappa shape index (κ3) is 3.15. The fourth-order valence-corrected chi connectivity index (χ4v) is 1.58. The summed E-state index contributed by atoms with van der Waals surface area (Å²) in [6.45, 7) is 2.61. The highest BCUT2D eigenvalue weighted by atomic mass is 127. The van der Waals surface area contributed by atoms with Crippen molar-refractivity contribution in [2.75, 3.05) is 5.32 Å². The Morgan fingerprint density at radius 1 is 1.41 bits per heavy atom. The van der Waals surface area contributed by atoms with Crippen LogP contribution in [0.5, 0.6) is 0 Å². The Balaban J connectivity index is 2.92. The quantitative estimate of drug-likeness (QED) is 0.650. The Labute approximate surface area is 111 Å². The van der Waals surface area contributed by atoms with Gasteiger partial charge in [-0.15, -0.1) is 0 Å². The molecule has 1 amide bonds.